The van der Waals surface area contributed by atoms with Gasteiger partial charge in [0.1, 0.15) is 6.54 Å². The van der Waals surface area contributed by atoms with Gasteiger partial charge in [0.05, 0.1) is 12.2 Å². The number of aromatic carboxylic acids is 1. The van der Waals surface area contributed by atoms with Crippen LogP contribution in [-0.4, -0.2) is 43.4 Å². The van der Waals surface area contributed by atoms with Crippen molar-refractivity contribution in [3.63, 3.8) is 0 Å². The van der Waals surface area contributed by atoms with Gasteiger partial charge in [-0.1, -0.05) is 12.1 Å². The molecule has 1 aliphatic heterocycles. The van der Waals surface area contributed by atoms with E-state index in [9.17, 15) is 9.59 Å². The van der Waals surface area contributed by atoms with Gasteiger partial charge in [-0.05, 0) is 29.9 Å². The van der Waals surface area contributed by atoms with Gasteiger partial charge in [0, 0.05) is 11.4 Å². The molecule has 0 radical (unpaired) electrons. The second-order valence-corrected chi connectivity index (χ2v) is 6.17. The summed E-state index contributed by atoms with van der Waals surface area (Å²) < 4.78 is 1.28. The summed E-state index contributed by atoms with van der Waals surface area (Å²) >= 11 is 1.74. The second kappa shape index (κ2) is 5.88. The summed E-state index contributed by atoms with van der Waals surface area (Å²) in [6, 6.07) is 2.18. The lowest BCUT2D eigenvalue weighted by Crippen LogP contribution is -2.41. The van der Waals surface area contributed by atoms with Crippen molar-refractivity contribution in [1.82, 2.24) is 19.9 Å². The largest absolute Gasteiger partial charge is 0.476 e. The lowest BCUT2D eigenvalue weighted by atomic mass is 9.98. The molecule has 22 heavy (non-hydrogen) atoms. The first kappa shape index (κ1) is 14.7. The van der Waals surface area contributed by atoms with Crippen LogP contribution in [0.3, 0.4) is 0 Å². The van der Waals surface area contributed by atoms with Gasteiger partial charge >= 0.3 is 5.97 Å². The number of amides is 1. The van der Waals surface area contributed by atoms with Gasteiger partial charge in [-0.25, -0.2) is 9.48 Å². The number of nitrogens with zero attached hydrogens (tertiary/aromatic N) is 4. The molecule has 0 unspecified atom stereocenters. The van der Waals surface area contributed by atoms with Gasteiger partial charge in [-0.3, -0.25) is 4.79 Å². The van der Waals surface area contributed by atoms with Crippen molar-refractivity contribution in [1.29, 1.82) is 0 Å². The van der Waals surface area contributed by atoms with Gasteiger partial charge in [-0.2, -0.15) is 0 Å². The molecule has 3 heterocycles. The molecule has 2 aromatic heterocycles. The van der Waals surface area contributed by atoms with E-state index in [1.54, 1.807) is 11.3 Å². The third kappa shape index (κ3) is 2.61. The fourth-order valence-corrected chi connectivity index (χ4v) is 3.77. The monoisotopic (exact) mass is 320 g/mol. The standard InChI is InChI=1S/C14H16N4O3S/c1-2-11-9-4-6-22-12(9)3-5-18(11)13(19)8-17-7-10(14(20)21)15-16-17/h4,6-7,11H,2-3,5,8H2,1H3,(H,20,21)/t11-/m1/s1. The Kier molecular flexibility index (Phi) is 3.93. The highest BCUT2D eigenvalue weighted by molar-refractivity contribution is 7.10. The number of aromatic nitrogens is 3. The first-order valence-electron chi connectivity index (χ1n) is 7.09. The molecule has 0 aliphatic carbocycles. The molecule has 1 aliphatic rings. The first-order valence-corrected chi connectivity index (χ1v) is 7.97. The Morgan fingerprint density at radius 2 is 2.32 bits per heavy atom. The van der Waals surface area contributed by atoms with Crippen molar-refractivity contribution in [3.8, 4) is 0 Å². The molecule has 0 bridgehead atoms. The minimum absolute atomic E-state index is 0.0102. The van der Waals surface area contributed by atoms with E-state index in [0.717, 1.165) is 12.8 Å². The number of hydrogen-bond acceptors (Lipinski definition) is 5. The maximum absolute atomic E-state index is 12.5. The molecule has 2 aromatic rings. The molecule has 0 saturated heterocycles. The predicted octanol–water partition coefficient (Wildman–Crippen LogP) is 1.57. The van der Waals surface area contributed by atoms with E-state index in [-0.39, 0.29) is 24.2 Å². The van der Waals surface area contributed by atoms with Crippen LogP contribution >= 0.6 is 11.3 Å². The lowest BCUT2D eigenvalue weighted by Gasteiger charge is -2.35. The summed E-state index contributed by atoms with van der Waals surface area (Å²) in [5, 5.41) is 18.1. The zero-order chi connectivity index (χ0) is 15.7. The fraction of sp³-hybridized carbons (Fsp3) is 0.429. The molecule has 8 heteroatoms. The fourth-order valence-electron chi connectivity index (χ4n) is 2.84. The Morgan fingerprint density at radius 1 is 1.50 bits per heavy atom. The van der Waals surface area contributed by atoms with Crippen LogP contribution in [-0.2, 0) is 17.8 Å². The molecule has 116 valence electrons. The zero-order valence-electron chi connectivity index (χ0n) is 12.1. The normalized spacial score (nSPS) is 17.3. The Hall–Kier alpha value is -2.22. The lowest BCUT2D eigenvalue weighted by molar-refractivity contribution is -0.135. The van der Waals surface area contributed by atoms with Crippen molar-refractivity contribution in [2.45, 2.75) is 32.4 Å². The van der Waals surface area contributed by atoms with E-state index >= 15 is 0 Å². The van der Waals surface area contributed by atoms with Crippen LogP contribution in [0.2, 0.25) is 0 Å². The molecule has 0 saturated carbocycles. The van der Waals surface area contributed by atoms with Crippen molar-refractivity contribution in [2.75, 3.05) is 6.54 Å². The molecule has 0 aromatic carbocycles. The van der Waals surface area contributed by atoms with E-state index in [1.807, 2.05) is 4.90 Å². The molecule has 1 atom stereocenters. The summed E-state index contributed by atoms with van der Waals surface area (Å²) in [6.07, 6.45) is 3.00. The van der Waals surface area contributed by atoms with Crippen LogP contribution in [0.25, 0.3) is 0 Å². The van der Waals surface area contributed by atoms with Gasteiger partial charge < -0.3 is 10.0 Å². The van der Waals surface area contributed by atoms with E-state index in [4.69, 9.17) is 5.11 Å². The molecular formula is C14H16N4O3S. The maximum atomic E-state index is 12.5. The van der Waals surface area contributed by atoms with Crippen LogP contribution in [0, 0.1) is 0 Å². The van der Waals surface area contributed by atoms with Crippen LogP contribution in [0.4, 0.5) is 0 Å². The number of thiophene rings is 1. The van der Waals surface area contributed by atoms with E-state index in [0.29, 0.717) is 6.54 Å². The minimum Gasteiger partial charge on any atom is -0.476 e. The Balaban J connectivity index is 1.75. The predicted molar refractivity (Wildman–Crippen MR) is 79.7 cm³/mol. The average molecular weight is 320 g/mol. The van der Waals surface area contributed by atoms with Gasteiger partial charge in [-0.15, -0.1) is 16.4 Å². The minimum atomic E-state index is -1.15. The number of carbonyl (C=O) groups is 2. The quantitative estimate of drug-likeness (QED) is 0.924. The average Bonchev–Trinajstić information content (AvgIpc) is 3.14. The van der Waals surface area contributed by atoms with Crippen LogP contribution in [0.15, 0.2) is 17.6 Å². The molecule has 0 spiro atoms. The molecule has 3 rings (SSSR count). The van der Waals surface area contributed by atoms with E-state index < -0.39 is 5.97 Å². The molecular weight excluding hydrogens is 304 g/mol. The van der Waals surface area contributed by atoms with Gasteiger partial charge in [0.25, 0.3) is 0 Å². The van der Waals surface area contributed by atoms with E-state index in [1.165, 1.54) is 21.3 Å². The van der Waals surface area contributed by atoms with Crippen LogP contribution < -0.4 is 0 Å². The number of carboxylic acids is 1. The van der Waals surface area contributed by atoms with Gasteiger partial charge in [0.15, 0.2) is 5.69 Å². The summed E-state index contributed by atoms with van der Waals surface area (Å²) in [6.45, 7) is 2.76. The van der Waals surface area contributed by atoms with Gasteiger partial charge in [0.2, 0.25) is 5.91 Å². The SMILES string of the molecule is CC[C@@H]1c2ccsc2CCN1C(=O)Cn1cc(C(=O)O)nn1. The maximum Gasteiger partial charge on any atom is 0.358 e. The summed E-state index contributed by atoms with van der Waals surface area (Å²) in [5.41, 5.74) is 1.08. The topological polar surface area (TPSA) is 88.3 Å². The molecule has 1 N–H and O–H groups in total. The number of carboxylic acid groups (broad SMARTS) is 1. The number of rotatable bonds is 4. The highest BCUT2D eigenvalue weighted by Crippen LogP contribution is 2.35. The molecule has 1 amide bonds. The highest BCUT2D eigenvalue weighted by atomic mass is 32.1. The number of carbonyl (C=O) groups excluding carboxylic acids is 1. The van der Waals surface area contributed by atoms with Crippen molar-refractivity contribution < 1.29 is 14.7 Å². The first-order chi connectivity index (χ1) is 10.6. The van der Waals surface area contributed by atoms with Crippen molar-refractivity contribution in [3.05, 3.63) is 33.8 Å². The Morgan fingerprint density at radius 3 is 3.00 bits per heavy atom. The summed E-state index contributed by atoms with van der Waals surface area (Å²) in [7, 11) is 0. The number of hydrogen-bond donors (Lipinski definition) is 1. The second-order valence-electron chi connectivity index (χ2n) is 5.17. The van der Waals surface area contributed by atoms with Crippen molar-refractivity contribution in [2.24, 2.45) is 0 Å². The van der Waals surface area contributed by atoms with Crippen LogP contribution in [0.5, 0.6) is 0 Å². The number of fused-ring (bicyclic) bond motifs is 1. The summed E-state index contributed by atoms with van der Waals surface area (Å²) in [5.74, 6) is -1.21. The smallest absolute Gasteiger partial charge is 0.358 e. The highest BCUT2D eigenvalue weighted by Gasteiger charge is 2.30. The van der Waals surface area contributed by atoms with E-state index in [2.05, 4.69) is 28.7 Å². The Bertz CT molecular complexity index is 709. The third-order valence-electron chi connectivity index (χ3n) is 3.86. The molecule has 7 nitrogen and oxygen atoms in total. The molecule has 0 fully saturated rings. The Labute approximate surface area is 131 Å². The third-order valence-corrected chi connectivity index (χ3v) is 4.85. The summed E-state index contributed by atoms with van der Waals surface area (Å²) in [4.78, 5) is 26.5. The van der Waals surface area contributed by atoms with Crippen molar-refractivity contribution >= 4 is 23.2 Å². The van der Waals surface area contributed by atoms with Crippen LogP contribution in [0.1, 0.15) is 40.3 Å². The zero-order valence-corrected chi connectivity index (χ0v) is 12.9.